The lowest BCUT2D eigenvalue weighted by atomic mass is 9.93. The van der Waals surface area contributed by atoms with Gasteiger partial charge in [-0.2, -0.15) is 0 Å². The Balaban J connectivity index is 0.000000671. The van der Waals surface area contributed by atoms with Crippen molar-refractivity contribution in [1.29, 1.82) is 0 Å². The van der Waals surface area contributed by atoms with E-state index < -0.39 is 5.79 Å². The smallest absolute Gasteiger partial charge is 0.162 e. The summed E-state index contributed by atoms with van der Waals surface area (Å²) in [6.07, 6.45) is 0. The van der Waals surface area contributed by atoms with Crippen LogP contribution in [0.1, 0.15) is 34.6 Å². The summed E-state index contributed by atoms with van der Waals surface area (Å²) in [6, 6.07) is 0. The Kier molecular flexibility index (Phi) is 4.89. The molecule has 1 saturated heterocycles. The first-order valence-corrected chi connectivity index (χ1v) is 4.86. The molecule has 13 heavy (non-hydrogen) atoms. The lowest BCUT2D eigenvalue weighted by Crippen LogP contribution is -2.46. The number of ether oxygens (including phenoxy) is 2. The van der Waals surface area contributed by atoms with Crippen molar-refractivity contribution in [1.82, 2.24) is 0 Å². The molecule has 0 unspecified atom stereocenters. The molecule has 1 N–H and O–H groups in total. The Hall–Kier alpha value is -0.120. The van der Waals surface area contributed by atoms with Gasteiger partial charge in [-0.3, -0.25) is 0 Å². The first kappa shape index (κ1) is 12.9. The standard InChI is InChI=1S/C8H16O3.C2H6/c1-7(2)10-5-8(3,4-9)6-11-7;1-2/h9H,4-6H2,1-3H3;1-2H3. The largest absolute Gasteiger partial charge is 0.396 e. The van der Waals surface area contributed by atoms with Gasteiger partial charge in [-0.25, -0.2) is 0 Å². The molecule has 1 fully saturated rings. The zero-order chi connectivity index (χ0) is 10.5. The Morgan fingerprint density at radius 1 is 1.08 bits per heavy atom. The third kappa shape index (κ3) is 4.07. The summed E-state index contributed by atoms with van der Waals surface area (Å²) in [4.78, 5) is 0. The minimum absolute atomic E-state index is 0.114. The van der Waals surface area contributed by atoms with E-state index in [1.54, 1.807) is 0 Å². The molecule has 3 heteroatoms. The van der Waals surface area contributed by atoms with Crippen LogP contribution in [-0.4, -0.2) is 30.7 Å². The summed E-state index contributed by atoms with van der Waals surface area (Å²) in [5.74, 6) is -0.478. The number of aliphatic hydroxyl groups is 1. The number of hydrogen-bond acceptors (Lipinski definition) is 3. The lowest BCUT2D eigenvalue weighted by molar-refractivity contribution is -0.286. The van der Waals surface area contributed by atoms with Crippen LogP contribution in [0, 0.1) is 5.41 Å². The maximum atomic E-state index is 8.96. The lowest BCUT2D eigenvalue weighted by Gasteiger charge is -2.40. The van der Waals surface area contributed by atoms with Crippen LogP contribution in [0.15, 0.2) is 0 Å². The van der Waals surface area contributed by atoms with Gasteiger partial charge < -0.3 is 14.6 Å². The zero-order valence-electron chi connectivity index (χ0n) is 9.39. The Morgan fingerprint density at radius 2 is 1.46 bits per heavy atom. The van der Waals surface area contributed by atoms with Crippen molar-refractivity contribution in [3.63, 3.8) is 0 Å². The number of aliphatic hydroxyl groups excluding tert-OH is 1. The van der Waals surface area contributed by atoms with Crippen molar-refractivity contribution in [2.24, 2.45) is 5.41 Å². The van der Waals surface area contributed by atoms with Gasteiger partial charge in [-0.1, -0.05) is 20.8 Å². The van der Waals surface area contributed by atoms with Crippen molar-refractivity contribution in [3.05, 3.63) is 0 Å². The molecule has 1 aliphatic rings. The van der Waals surface area contributed by atoms with Crippen LogP contribution in [0.4, 0.5) is 0 Å². The molecular weight excluding hydrogens is 168 g/mol. The molecule has 0 aromatic rings. The molecular formula is C10H22O3. The monoisotopic (exact) mass is 190 g/mol. The normalized spacial score (nSPS) is 24.5. The molecule has 0 saturated carbocycles. The molecule has 0 atom stereocenters. The first-order chi connectivity index (χ1) is 5.97. The van der Waals surface area contributed by atoms with Crippen molar-refractivity contribution >= 4 is 0 Å². The van der Waals surface area contributed by atoms with Crippen molar-refractivity contribution < 1.29 is 14.6 Å². The van der Waals surface area contributed by atoms with E-state index in [4.69, 9.17) is 14.6 Å². The second-order valence-electron chi connectivity index (χ2n) is 3.95. The summed E-state index contributed by atoms with van der Waals surface area (Å²) in [5.41, 5.74) is -0.213. The fourth-order valence-electron chi connectivity index (χ4n) is 0.871. The van der Waals surface area contributed by atoms with E-state index in [2.05, 4.69) is 0 Å². The average Bonchev–Trinajstić information content (AvgIpc) is 2.14. The molecule has 1 heterocycles. The van der Waals surface area contributed by atoms with Crippen LogP contribution in [0.5, 0.6) is 0 Å². The maximum absolute atomic E-state index is 8.96. The van der Waals surface area contributed by atoms with Gasteiger partial charge in [0.2, 0.25) is 0 Å². The van der Waals surface area contributed by atoms with Gasteiger partial charge in [0.15, 0.2) is 5.79 Å². The van der Waals surface area contributed by atoms with Gasteiger partial charge in [0.1, 0.15) is 0 Å². The molecule has 3 nitrogen and oxygen atoms in total. The Labute approximate surface area is 81.0 Å². The van der Waals surface area contributed by atoms with E-state index in [9.17, 15) is 0 Å². The average molecular weight is 190 g/mol. The topological polar surface area (TPSA) is 38.7 Å². The van der Waals surface area contributed by atoms with E-state index in [-0.39, 0.29) is 12.0 Å². The fourth-order valence-corrected chi connectivity index (χ4v) is 0.871. The molecule has 0 spiro atoms. The molecule has 0 aromatic carbocycles. The third-order valence-corrected chi connectivity index (χ3v) is 1.92. The Bertz CT molecular complexity index is 133. The van der Waals surface area contributed by atoms with E-state index in [1.165, 1.54) is 0 Å². The number of rotatable bonds is 1. The van der Waals surface area contributed by atoms with Gasteiger partial charge in [0.05, 0.1) is 19.8 Å². The second kappa shape index (κ2) is 4.94. The minimum atomic E-state index is -0.478. The highest BCUT2D eigenvalue weighted by Crippen LogP contribution is 2.28. The van der Waals surface area contributed by atoms with Crippen LogP contribution < -0.4 is 0 Å². The summed E-state index contributed by atoms with van der Waals surface area (Å²) < 4.78 is 10.8. The van der Waals surface area contributed by atoms with Crippen LogP contribution in [0.25, 0.3) is 0 Å². The van der Waals surface area contributed by atoms with E-state index in [0.717, 1.165) is 0 Å². The van der Waals surface area contributed by atoms with Crippen molar-refractivity contribution in [3.8, 4) is 0 Å². The van der Waals surface area contributed by atoms with Gasteiger partial charge in [-0.15, -0.1) is 0 Å². The highest BCUT2D eigenvalue weighted by molar-refractivity contribution is 4.78. The first-order valence-electron chi connectivity index (χ1n) is 4.86. The summed E-state index contributed by atoms with van der Waals surface area (Å²) in [7, 11) is 0. The number of hydrogen-bond donors (Lipinski definition) is 1. The van der Waals surface area contributed by atoms with Crippen LogP contribution in [0.3, 0.4) is 0 Å². The van der Waals surface area contributed by atoms with E-state index in [0.29, 0.717) is 13.2 Å². The molecule has 80 valence electrons. The van der Waals surface area contributed by atoms with Gasteiger partial charge in [0.25, 0.3) is 0 Å². The third-order valence-electron chi connectivity index (χ3n) is 1.92. The van der Waals surface area contributed by atoms with Gasteiger partial charge >= 0.3 is 0 Å². The second-order valence-corrected chi connectivity index (χ2v) is 3.95. The van der Waals surface area contributed by atoms with Crippen LogP contribution in [-0.2, 0) is 9.47 Å². The maximum Gasteiger partial charge on any atom is 0.162 e. The van der Waals surface area contributed by atoms with E-state index >= 15 is 0 Å². The van der Waals surface area contributed by atoms with Crippen molar-refractivity contribution in [2.75, 3.05) is 19.8 Å². The highest BCUT2D eigenvalue weighted by Gasteiger charge is 2.35. The molecule has 0 amide bonds. The predicted octanol–water partition coefficient (Wildman–Crippen LogP) is 1.79. The summed E-state index contributed by atoms with van der Waals surface area (Å²) in [6.45, 7) is 11.0. The van der Waals surface area contributed by atoms with E-state index in [1.807, 2.05) is 34.6 Å². The molecule has 0 radical (unpaired) electrons. The predicted molar refractivity (Wildman–Crippen MR) is 52.5 cm³/mol. The highest BCUT2D eigenvalue weighted by atomic mass is 16.7. The summed E-state index contributed by atoms with van der Waals surface area (Å²) in [5, 5.41) is 8.96. The van der Waals surface area contributed by atoms with Crippen LogP contribution >= 0.6 is 0 Å². The zero-order valence-corrected chi connectivity index (χ0v) is 9.39. The quantitative estimate of drug-likeness (QED) is 0.685. The Morgan fingerprint density at radius 3 is 1.77 bits per heavy atom. The SMILES string of the molecule is CC.CC1(CO)COC(C)(C)OC1. The van der Waals surface area contributed by atoms with Gasteiger partial charge in [0, 0.05) is 5.41 Å². The van der Waals surface area contributed by atoms with Crippen LogP contribution in [0.2, 0.25) is 0 Å². The molecule has 0 bridgehead atoms. The van der Waals surface area contributed by atoms with Crippen molar-refractivity contribution in [2.45, 2.75) is 40.4 Å². The van der Waals surface area contributed by atoms with Gasteiger partial charge in [-0.05, 0) is 13.8 Å². The molecule has 0 aliphatic carbocycles. The molecule has 0 aromatic heterocycles. The fraction of sp³-hybridized carbons (Fsp3) is 1.00. The summed E-state index contributed by atoms with van der Waals surface area (Å²) >= 11 is 0. The molecule has 1 rings (SSSR count). The minimum Gasteiger partial charge on any atom is -0.396 e. The molecule has 1 aliphatic heterocycles.